The number of benzene rings is 2. The maximum absolute atomic E-state index is 13.1. The molecule has 1 atom stereocenters. The lowest BCUT2D eigenvalue weighted by molar-refractivity contribution is 0.178. The fourth-order valence-corrected chi connectivity index (χ4v) is 2.48. The van der Waals surface area contributed by atoms with Crippen LogP contribution in [0.15, 0.2) is 40.9 Å². The smallest absolute Gasteiger partial charge is 0.159 e. The quantitative estimate of drug-likeness (QED) is 0.856. The molecule has 1 N–H and O–H groups in total. The highest BCUT2D eigenvalue weighted by Gasteiger charge is 2.13. The van der Waals surface area contributed by atoms with Crippen molar-refractivity contribution < 1.29 is 13.9 Å². The number of halogens is 4. The van der Waals surface area contributed by atoms with Crippen LogP contribution in [0.4, 0.5) is 8.78 Å². The molecule has 0 bridgehead atoms. The minimum Gasteiger partial charge on any atom is -0.388 e. The fraction of sp³-hybridized carbons (Fsp3) is 0.143. The first-order valence-corrected chi connectivity index (χ1v) is 6.71. The Hall–Kier alpha value is -0.970. The molecule has 1 unspecified atom stereocenters. The van der Waals surface area contributed by atoms with Gasteiger partial charge in [0.05, 0.1) is 6.10 Å². The minimum atomic E-state index is -0.974. The zero-order valence-electron chi connectivity index (χ0n) is 9.71. The fourth-order valence-electron chi connectivity index (χ4n) is 1.73. The third-order valence-electron chi connectivity index (χ3n) is 2.76. The number of rotatable bonds is 3. The van der Waals surface area contributed by atoms with Gasteiger partial charge in [0.25, 0.3) is 0 Å². The molecular formula is C14H10BrClF2O. The number of aliphatic hydroxyl groups is 1. The summed E-state index contributed by atoms with van der Waals surface area (Å²) in [6.07, 6.45) is -0.703. The van der Waals surface area contributed by atoms with Gasteiger partial charge in [0.2, 0.25) is 0 Å². The first-order valence-electron chi connectivity index (χ1n) is 5.54. The molecule has 0 spiro atoms. The molecule has 0 heterocycles. The molecule has 1 nitrogen and oxygen atoms in total. The lowest BCUT2D eigenvalue weighted by atomic mass is 10.0. The van der Waals surface area contributed by atoms with E-state index in [-0.39, 0.29) is 6.42 Å². The second kappa shape index (κ2) is 5.99. The summed E-state index contributed by atoms with van der Waals surface area (Å²) in [6, 6.07) is 8.64. The molecule has 0 aliphatic rings. The Morgan fingerprint density at radius 1 is 1.11 bits per heavy atom. The Morgan fingerprint density at radius 3 is 2.47 bits per heavy atom. The summed E-state index contributed by atoms with van der Waals surface area (Å²) in [4.78, 5) is 0. The van der Waals surface area contributed by atoms with Crippen molar-refractivity contribution in [3.8, 4) is 0 Å². The van der Waals surface area contributed by atoms with Gasteiger partial charge in [-0.3, -0.25) is 0 Å². The molecule has 0 saturated carbocycles. The zero-order valence-corrected chi connectivity index (χ0v) is 12.0. The van der Waals surface area contributed by atoms with Crippen LogP contribution in [0.25, 0.3) is 0 Å². The van der Waals surface area contributed by atoms with Crippen molar-refractivity contribution in [1.29, 1.82) is 0 Å². The van der Waals surface area contributed by atoms with Crippen LogP contribution in [0.2, 0.25) is 5.02 Å². The molecule has 19 heavy (non-hydrogen) atoms. The predicted octanol–water partition coefficient (Wildman–Crippen LogP) is 4.66. The Bertz CT molecular complexity index is 604. The summed E-state index contributed by atoms with van der Waals surface area (Å²) in [5.41, 5.74) is 1.06. The van der Waals surface area contributed by atoms with Gasteiger partial charge in [-0.05, 0) is 35.4 Å². The minimum absolute atomic E-state index is 0.233. The highest BCUT2D eigenvalue weighted by Crippen LogP contribution is 2.26. The van der Waals surface area contributed by atoms with E-state index in [1.165, 1.54) is 6.07 Å². The highest BCUT2D eigenvalue weighted by molar-refractivity contribution is 9.10. The van der Waals surface area contributed by atoms with Crippen molar-refractivity contribution in [1.82, 2.24) is 0 Å². The van der Waals surface area contributed by atoms with Crippen LogP contribution in [0, 0.1) is 11.6 Å². The van der Waals surface area contributed by atoms with E-state index in [2.05, 4.69) is 15.9 Å². The van der Waals surface area contributed by atoms with E-state index in [0.717, 1.165) is 22.2 Å². The molecule has 100 valence electrons. The summed E-state index contributed by atoms with van der Waals surface area (Å²) >= 11 is 9.33. The number of hydrogen-bond acceptors (Lipinski definition) is 1. The normalized spacial score (nSPS) is 12.5. The van der Waals surface area contributed by atoms with Crippen molar-refractivity contribution in [3.05, 3.63) is 68.7 Å². The molecule has 0 saturated heterocycles. The van der Waals surface area contributed by atoms with Gasteiger partial charge in [-0.25, -0.2) is 8.78 Å². The molecule has 0 aliphatic carbocycles. The molecule has 0 amide bonds. The van der Waals surface area contributed by atoms with Gasteiger partial charge < -0.3 is 5.11 Å². The summed E-state index contributed by atoms with van der Waals surface area (Å²) in [5, 5.41) is 10.5. The topological polar surface area (TPSA) is 20.2 Å². The van der Waals surface area contributed by atoms with Crippen LogP contribution >= 0.6 is 27.5 Å². The zero-order chi connectivity index (χ0) is 14.0. The lowest BCUT2D eigenvalue weighted by Gasteiger charge is -2.12. The second-order valence-electron chi connectivity index (χ2n) is 4.13. The third-order valence-corrected chi connectivity index (χ3v) is 3.60. The van der Waals surface area contributed by atoms with E-state index in [1.54, 1.807) is 18.2 Å². The summed E-state index contributed by atoms with van der Waals surface area (Å²) < 4.78 is 26.7. The van der Waals surface area contributed by atoms with E-state index in [0.29, 0.717) is 10.6 Å². The SMILES string of the molecule is OC(Cc1ccc(Br)cc1Cl)c1ccc(F)c(F)c1. The summed E-state index contributed by atoms with van der Waals surface area (Å²) in [7, 11) is 0. The van der Waals surface area contributed by atoms with Crippen LogP contribution in [-0.2, 0) is 6.42 Å². The summed E-state index contributed by atoms with van der Waals surface area (Å²) in [5.74, 6) is -1.91. The Labute approximate surface area is 123 Å². The summed E-state index contributed by atoms with van der Waals surface area (Å²) in [6.45, 7) is 0. The highest BCUT2D eigenvalue weighted by atomic mass is 79.9. The van der Waals surface area contributed by atoms with E-state index in [9.17, 15) is 13.9 Å². The van der Waals surface area contributed by atoms with E-state index >= 15 is 0 Å². The largest absolute Gasteiger partial charge is 0.388 e. The van der Waals surface area contributed by atoms with Gasteiger partial charge in [-0.15, -0.1) is 0 Å². The van der Waals surface area contributed by atoms with E-state index in [1.807, 2.05) is 0 Å². The van der Waals surface area contributed by atoms with E-state index in [4.69, 9.17) is 11.6 Å². The standard InChI is InChI=1S/C14H10BrClF2O/c15-10-3-1-8(11(16)7-10)6-14(19)9-2-4-12(17)13(18)5-9/h1-5,7,14,19H,6H2. The third kappa shape index (κ3) is 3.53. The Balaban J connectivity index is 2.20. The molecule has 5 heteroatoms. The molecule has 0 aliphatic heterocycles. The van der Waals surface area contributed by atoms with Crippen molar-refractivity contribution in [2.45, 2.75) is 12.5 Å². The van der Waals surface area contributed by atoms with Gasteiger partial charge in [-0.1, -0.05) is 39.7 Å². The van der Waals surface area contributed by atoms with Crippen molar-refractivity contribution >= 4 is 27.5 Å². The first kappa shape index (κ1) is 14.4. The average molecular weight is 348 g/mol. The van der Waals surface area contributed by atoms with Crippen molar-refractivity contribution in [2.24, 2.45) is 0 Å². The van der Waals surface area contributed by atoms with Crippen molar-refractivity contribution in [3.63, 3.8) is 0 Å². The maximum Gasteiger partial charge on any atom is 0.159 e. The second-order valence-corrected chi connectivity index (χ2v) is 5.45. The van der Waals surface area contributed by atoms with Crippen LogP contribution < -0.4 is 0 Å². The average Bonchev–Trinajstić information content (AvgIpc) is 2.36. The van der Waals surface area contributed by atoms with Gasteiger partial charge in [0, 0.05) is 15.9 Å². The molecule has 0 radical (unpaired) electrons. The van der Waals surface area contributed by atoms with Crippen LogP contribution in [-0.4, -0.2) is 5.11 Å². The molecule has 0 fully saturated rings. The number of aliphatic hydroxyl groups excluding tert-OH is 1. The molecule has 2 aromatic rings. The van der Waals surface area contributed by atoms with Crippen LogP contribution in [0.5, 0.6) is 0 Å². The van der Waals surface area contributed by atoms with Gasteiger partial charge in [-0.2, -0.15) is 0 Å². The van der Waals surface area contributed by atoms with Crippen LogP contribution in [0.3, 0.4) is 0 Å². The molecule has 2 aromatic carbocycles. The van der Waals surface area contributed by atoms with Gasteiger partial charge in [0.15, 0.2) is 11.6 Å². The lowest BCUT2D eigenvalue weighted by Crippen LogP contribution is -2.03. The molecular weight excluding hydrogens is 338 g/mol. The Morgan fingerprint density at radius 2 is 1.84 bits per heavy atom. The van der Waals surface area contributed by atoms with Crippen molar-refractivity contribution in [2.75, 3.05) is 0 Å². The first-order chi connectivity index (χ1) is 8.97. The Kier molecular flexibility index (Phi) is 4.55. The van der Waals surface area contributed by atoms with Gasteiger partial charge >= 0.3 is 0 Å². The van der Waals surface area contributed by atoms with E-state index < -0.39 is 17.7 Å². The number of hydrogen-bond donors (Lipinski definition) is 1. The monoisotopic (exact) mass is 346 g/mol. The van der Waals surface area contributed by atoms with Gasteiger partial charge in [0.1, 0.15) is 0 Å². The molecule has 0 aromatic heterocycles. The maximum atomic E-state index is 13.1. The molecule has 2 rings (SSSR count). The predicted molar refractivity (Wildman–Crippen MR) is 74.2 cm³/mol. The van der Waals surface area contributed by atoms with Crippen LogP contribution in [0.1, 0.15) is 17.2 Å².